The lowest BCUT2D eigenvalue weighted by Gasteiger charge is -2.45. The number of aliphatic hydroxyl groups is 1. The highest BCUT2D eigenvalue weighted by Crippen LogP contribution is 2.32. The summed E-state index contributed by atoms with van der Waals surface area (Å²) in [5, 5.41) is 10.6. The summed E-state index contributed by atoms with van der Waals surface area (Å²) in [6.45, 7) is 6.15. The van der Waals surface area contributed by atoms with Crippen LogP contribution in [-0.2, 0) is 80.9 Å². The quantitative estimate of drug-likeness (QED) is 0.203. The molecule has 0 aliphatic carbocycles. The van der Waals surface area contributed by atoms with Gasteiger partial charge in [-0.3, -0.25) is 33.6 Å². The lowest BCUT2D eigenvalue weighted by atomic mass is 9.97. The minimum atomic E-state index is -1.90. The van der Waals surface area contributed by atoms with Crippen molar-refractivity contribution >= 4 is 41.8 Å². The number of hydrogen-bond acceptors (Lipinski definition) is 18. The summed E-state index contributed by atoms with van der Waals surface area (Å²) in [5.41, 5.74) is 0. The Hall–Kier alpha value is -3.87. The second-order valence-electron chi connectivity index (χ2n) is 9.69. The van der Waals surface area contributed by atoms with Gasteiger partial charge in [-0.1, -0.05) is 0 Å². The highest BCUT2D eigenvalue weighted by Gasteiger charge is 2.55. The van der Waals surface area contributed by atoms with Crippen LogP contribution >= 0.6 is 0 Å². The Morgan fingerprint density at radius 3 is 1.27 bits per heavy atom. The van der Waals surface area contributed by atoms with Crippen LogP contribution in [0.4, 0.5) is 0 Å². The van der Waals surface area contributed by atoms with E-state index in [1.165, 1.54) is 0 Å². The number of carbonyl (C=O) groups is 7. The second kappa shape index (κ2) is 16.3. The highest BCUT2D eigenvalue weighted by atomic mass is 16.7. The Kier molecular flexibility index (Phi) is 13.4. The van der Waals surface area contributed by atoms with E-state index in [2.05, 4.69) is 0 Å². The monoisotopic (exact) mass is 636 g/mol. The van der Waals surface area contributed by atoms with Crippen molar-refractivity contribution in [2.24, 2.45) is 0 Å². The molecular formula is C26H36O18. The number of ether oxygens (including phenoxy) is 10. The fourth-order valence-corrected chi connectivity index (χ4v) is 4.52. The third-order valence-corrected chi connectivity index (χ3v) is 5.89. The summed E-state index contributed by atoms with van der Waals surface area (Å²) in [7, 11) is 0. The molecule has 0 unspecified atom stereocenters. The van der Waals surface area contributed by atoms with Crippen molar-refractivity contribution in [1.29, 1.82) is 0 Å². The van der Waals surface area contributed by atoms with E-state index in [0.29, 0.717) is 0 Å². The van der Waals surface area contributed by atoms with E-state index >= 15 is 0 Å². The molecular weight excluding hydrogens is 600 g/mol. The maximum atomic E-state index is 12.1. The van der Waals surface area contributed by atoms with Gasteiger partial charge in [0.1, 0.15) is 18.8 Å². The Balaban J connectivity index is 2.48. The van der Waals surface area contributed by atoms with Crippen molar-refractivity contribution in [1.82, 2.24) is 0 Å². The number of esters is 7. The average molecular weight is 637 g/mol. The molecule has 18 nitrogen and oxygen atoms in total. The van der Waals surface area contributed by atoms with Crippen molar-refractivity contribution in [2.75, 3.05) is 13.2 Å². The summed E-state index contributed by atoms with van der Waals surface area (Å²) in [6, 6.07) is 0. The van der Waals surface area contributed by atoms with E-state index in [4.69, 9.17) is 47.4 Å². The topological polar surface area (TPSA) is 232 Å². The molecule has 1 N–H and O–H groups in total. The van der Waals surface area contributed by atoms with E-state index in [0.717, 1.165) is 48.5 Å². The predicted molar refractivity (Wildman–Crippen MR) is 135 cm³/mol. The molecule has 2 saturated heterocycles. The molecule has 0 aromatic rings. The first-order chi connectivity index (χ1) is 20.5. The van der Waals surface area contributed by atoms with Gasteiger partial charge in [0.25, 0.3) is 0 Å². The summed E-state index contributed by atoms with van der Waals surface area (Å²) in [6.07, 6.45) is -15.6. The predicted octanol–water partition coefficient (Wildman–Crippen LogP) is -1.40. The van der Waals surface area contributed by atoms with E-state index in [1.54, 1.807) is 0 Å². The third kappa shape index (κ3) is 10.7. The molecule has 44 heavy (non-hydrogen) atoms. The maximum Gasteiger partial charge on any atom is 0.303 e. The van der Waals surface area contributed by atoms with Gasteiger partial charge < -0.3 is 52.5 Å². The van der Waals surface area contributed by atoms with Crippen molar-refractivity contribution in [2.45, 2.75) is 110 Å². The molecule has 2 rings (SSSR count). The van der Waals surface area contributed by atoms with Crippen LogP contribution in [0, 0.1) is 0 Å². The van der Waals surface area contributed by atoms with E-state index in [1.807, 2.05) is 0 Å². The Morgan fingerprint density at radius 2 is 0.841 bits per heavy atom. The molecule has 18 heteroatoms. The van der Waals surface area contributed by atoms with Gasteiger partial charge >= 0.3 is 41.8 Å². The van der Waals surface area contributed by atoms with Crippen LogP contribution in [-0.4, -0.2) is 122 Å². The van der Waals surface area contributed by atoms with Crippen LogP contribution in [0.25, 0.3) is 0 Å². The molecule has 0 bridgehead atoms. The normalized spacial score (nSPS) is 31.5. The molecule has 0 spiro atoms. The summed E-state index contributed by atoms with van der Waals surface area (Å²) in [5.74, 6) is -5.94. The van der Waals surface area contributed by atoms with Gasteiger partial charge in [-0.05, 0) is 0 Å². The van der Waals surface area contributed by atoms with Gasteiger partial charge in [0.15, 0.2) is 49.2 Å². The lowest BCUT2D eigenvalue weighted by Crippen LogP contribution is -2.64. The Morgan fingerprint density at radius 1 is 0.477 bits per heavy atom. The van der Waals surface area contributed by atoms with Crippen LogP contribution in [0.5, 0.6) is 0 Å². The van der Waals surface area contributed by atoms with Gasteiger partial charge in [-0.25, -0.2) is 0 Å². The van der Waals surface area contributed by atoms with Crippen molar-refractivity contribution in [3.8, 4) is 0 Å². The molecule has 0 saturated carbocycles. The summed E-state index contributed by atoms with van der Waals surface area (Å²) >= 11 is 0. The smallest absolute Gasteiger partial charge is 0.303 e. The molecule has 2 heterocycles. The third-order valence-electron chi connectivity index (χ3n) is 5.89. The van der Waals surface area contributed by atoms with E-state index in [9.17, 15) is 38.7 Å². The standard InChI is InChI=1S/C26H36O18/c1-10(27)35-8-18-20(38-12(3)29)22(40-14(5)31)24(42-16(7)33)26(44-18)36-9-17-19(37-11(2)28)21(39-13(4)30)23(25(34)43-17)41-15(6)32/h17-26,34H,8-9H2,1-7H3/t17-,18-,19-,20-,21+,22+,23+,24+,25-,26+/m1/s1. The molecule has 0 aromatic heterocycles. The van der Waals surface area contributed by atoms with Crippen LogP contribution < -0.4 is 0 Å². The van der Waals surface area contributed by atoms with Gasteiger partial charge in [-0.2, -0.15) is 0 Å². The molecule has 248 valence electrons. The van der Waals surface area contributed by atoms with Crippen molar-refractivity contribution < 1.29 is 86.0 Å². The number of hydrogen-bond donors (Lipinski definition) is 1. The Labute approximate surface area is 251 Å². The second-order valence-corrected chi connectivity index (χ2v) is 9.69. The molecule has 2 fully saturated rings. The van der Waals surface area contributed by atoms with Crippen molar-refractivity contribution in [3.05, 3.63) is 0 Å². The molecule has 0 radical (unpaired) electrons. The zero-order chi connectivity index (χ0) is 33.3. The maximum absolute atomic E-state index is 12.1. The highest BCUT2D eigenvalue weighted by molar-refractivity contribution is 5.69. The molecule has 2 aliphatic rings. The fourth-order valence-electron chi connectivity index (χ4n) is 4.52. The molecule has 0 aromatic carbocycles. The minimum absolute atomic E-state index is 0.523. The van der Waals surface area contributed by atoms with Crippen LogP contribution in [0.2, 0.25) is 0 Å². The van der Waals surface area contributed by atoms with Crippen LogP contribution in [0.1, 0.15) is 48.5 Å². The van der Waals surface area contributed by atoms with Crippen molar-refractivity contribution in [3.63, 3.8) is 0 Å². The largest absolute Gasteiger partial charge is 0.463 e. The van der Waals surface area contributed by atoms with Gasteiger partial charge in [-0.15, -0.1) is 0 Å². The summed E-state index contributed by atoms with van der Waals surface area (Å²) < 4.78 is 53.7. The fraction of sp³-hybridized carbons (Fsp3) is 0.731. The zero-order valence-electron chi connectivity index (χ0n) is 25.1. The van der Waals surface area contributed by atoms with E-state index < -0.39 is 116 Å². The number of rotatable bonds is 11. The number of aliphatic hydroxyl groups excluding tert-OH is 1. The van der Waals surface area contributed by atoms with Gasteiger partial charge in [0.05, 0.1) is 6.61 Å². The minimum Gasteiger partial charge on any atom is -0.463 e. The molecule has 0 amide bonds. The van der Waals surface area contributed by atoms with Gasteiger partial charge in [0.2, 0.25) is 0 Å². The summed E-state index contributed by atoms with van der Waals surface area (Å²) in [4.78, 5) is 83.0. The Bertz CT molecular complexity index is 1090. The first-order valence-corrected chi connectivity index (χ1v) is 13.3. The average Bonchev–Trinajstić information content (AvgIpc) is 2.87. The first kappa shape index (κ1) is 36.3. The first-order valence-electron chi connectivity index (χ1n) is 13.3. The van der Waals surface area contributed by atoms with E-state index in [-0.39, 0.29) is 0 Å². The molecule has 2 aliphatic heterocycles. The molecule has 10 atom stereocenters. The van der Waals surface area contributed by atoms with Gasteiger partial charge in [0, 0.05) is 48.5 Å². The number of carbonyl (C=O) groups excluding carboxylic acids is 7. The SMILES string of the molecule is CC(=O)OC[C@H]1O[C@H](OC[C@H]2O[C@@H](O)[C@@H](OC(C)=O)[C@@H](OC(C)=O)[C@@H]2OC(C)=O)[C@@H](OC(C)=O)[C@@H](OC(C)=O)[C@@H]1OC(C)=O. The van der Waals surface area contributed by atoms with Crippen LogP contribution in [0.15, 0.2) is 0 Å². The van der Waals surface area contributed by atoms with Crippen LogP contribution in [0.3, 0.4) is 0 Å². The zero-order valence-corrected chi connectivity index (χ0v) is 25.1. The lowest BCUT2D eigenvalue weighted by molar-refractivity contribution is -0.330.